The van der Waals surface area contributed by atoms with Crippen LogP contribution in [-0.4, -0.2) is 15.1 Å². The molecule has 0 unspecified atom stereocenters. The highest BCUT2D eigenvalue weighted by Gasteiger charge is 2.17. The van der Waals surface area contributed by atoms with Crippen molar-refractivity contribution >= 4 is 34.2 Å². The van der Waals surface area contributed by atoms with Gasteiger partial charge in [-0.25, -0.2) is 4.98 Å². The minimum Gasteiger partial charge on any atom is -0.339 e. The van der Waals surface area contributed by atoms with Crippen molar-refractivity contribution in [1.29, 1.82) is 0 Å². The van der Waals surface area contributed by atoms with Gasteiger partial charge in [0.15, 0.2) is 0 Å². The van der Waals surface area contributed by atoms with E-state index in [9.17, 15) is 0 Å². The standard InChI is InChI=1S/C19H15ClN4O/c1-11-4-3-5-15(12(11)2)23-18-16-17(13-6-8-14(20)9-7-13)24-25-19(16)22-10-21-18/h3-10H,1-2H3,(H,21,22,23). The number of fused-ring (bicyclic) bond motifs is 1. The monoisotopic (exact) mass is 350 g/mol. The number of nitrogens with zero attached hydrogens (tertiary/aromatic N) is 3. The molecule has 0 saturated carbocycles. The van der Waals surface area contributed by atoms with E-state index in [4.69, 9.17) is 16.1 Å². The normalized spacial score (nSPS) is 11.0. The topological polar surface area (TPSA) is 63.8 Å². The van der Waals surface area contributed by atoms with E-state index in [1.54, 1.807) is 0 Å². The van der Waals surface area contributed by atoms with Gasteiger partial charge >= 0.3 is 0 Å². The molecule has 2 heterocycles. The lowest BCUT2D eigenvalue weighted by Gasteiger charge is -2.11. The van der Waals surface area contributed by atoms with Crippen molar-refractivity contribution < 1.29 is 4.52 Å². The van der Waals surface area contributed by atoms with Crippen LogP contribution < -0.4 is 5.32 Å². The number of halogens is 1. The molecular weight excluding hydrogens is 336 g/mol. The SMILES string of the molecule is Cc1cccc(Nc2ncnc3onc(-c4ccc(Cl)cc4)c23)c1C. The Morgan fingerprint density at radius 1 is 1.00 bits per heavy atom. The number of aryl methyl sites for hydroxylation is 1. The predicted molar refractivity (Wildman–Crippen MR) is 99.2 cm³/mol. The Morgan fingerprint density at radius 2 is 1.80 bits per heavy atom. The summed E-state index contributed by atoms with van der Waals surface area (Å²) in [6, 6.07) is 13.5. The van der Waals surface area contributed by atoms with Crippen molar-refractivity contribution in [3.63, 3.8) is 0 Å². The van der Waals surface area contributed by atoms with Crippen LogP contribution in [0.1, 0.15) is 11.1 Å². The lowest BCUT2D eigenvalue weighted by atomic mass is 10.1. The fourth-order valence-electron chi connectivity index (χ4n) is 2.70. The van der Waals surface area contributed by atoms with Crippen LogP contribution in [-0.2, 0) is 0 Å². The van der Waals surface area contributed by atoms with Gasteiger partial charge in [-0.2, -0.15) is 4.98 Å². The minimum atomic E-state index is 0.438. The van der Waals surface area contributed by atoms with E-state index in [1.165, 1.54) is 17.5 Å². The van der Waals surface area contributed by atoms with E-state index in [0.29, 0.717) is 22.2 Å². The number of benzene rings is 2. The Balaban J connectivity index is 1.86. The maximum atomic E-state index is 5.98. The van der Waals surface area contributed by atoms with Crippen LogP contribution in [0.15, 0.2) is 53.3 Å². The molecule has 0 bridgehead atoms. The molecule has 0 atom stereocenters. The Labute approximate surface area is 149 Å². The van der Waals surface area contributed by atoms with Crippen molar-refractivity contribution in [3.8, 4) is 11.3 Å². The molecule has 1 N–H and O–H groups in total. The van der Waals surface area contributed by atoms with E-state index >= 15 is 0 Å². The van der Waals surface area contributed by atoms with E-state index in [0.717, 1.165) is 16.6 Å². The van der Waals surface area contributed by atoms with Gasteiger partial charge in [0.25, 0.3) is 5.71 Å². The molecule has 2 aromatic carbocycles. The molecule has 0 aliphatic rings. The second kappa shape index (κ2) is 6.18. The largest absolute Gasteiger partial charge is 0.339 e. The molecule has 0 radical (unpaired) electrons. The summed E-state index contributed by atoms with van der Waals surface area (Å²) in [7, 11) is 0. The van der Waals surface area contributed by atoms with Gasteiger partial charge in [-0.15, -0.1) is 0 Å². The molecule has 0 spiro atoms. The van der Waals surface area contributed by atoms with Crippen LogP contribution in [0.2, 0.25) is 5.02 Å². The van der Waals surface area contributed by atoms with Crippen LogP contribution >= 0.6 is 11.6 Å². The van der Waals surface area contributed by atoms with Gasteiger partial charge in [0.2, 0.25) is 0 Å². The second-order valence-electron chi connectivity index (χ2n) is 5.81. The molecule has 124 valence electrons. The van der Waals surface area contributed by atoms with Crippen LogP contribution in [0.3, 0.4) is 0 Å². The highest BCUT2D eigenvalue weighted by Crippen LogP contribution is 2.33. The quantitative estimate of drug-likeness (QED) is 0.543. The average Bonchev–Trinajstić information content (AvgIpc) is 3.05. The first-order chi connectivity index (χ1) is 12.1. The van der Waals surface area contributed by atoms with Gasteiger partial charge in [0.1, 0.15) is 23.2 Å². The summed E-state index contributed by atoms with van der Waals surface area (Å²) in [6.45, 7) is 4.15. The molecule has 4 aromatic rings. The number of hydrogen-bond donors (Lipinski definition) is 1. The van der Waals surface area contributed by atoms with E-state index in [2.05, 4.69) is 40.4 Å². The van der Waals surface area contributed by atoms with Gasteiger partial charge in [-0.3, -0.25) is 0 Å². The zero-order valence-electron chi connectivity index (χ0n) is 13.7. The Hall–Kier alpha value is -2.92. The van der Waals surface area contributed by atoms with Crippen molar-refractivity contribution in [2.45, 2.75) is 13.8 Å². The summed E-state index contributed by atoms with van der Waals surface area (Å²) in [4.78, 5) is 8.58. The molecule has 2 aromatic heterocycles. The van der Waals surface area contributed by atoms with Crippen LogP contribution in [0.25, 0.3) is 22.4 Å². The lowest BCUT2D eigenvalue weighted by Crippen LogP contribution is -1.98. The summed E-state index contributed by atoms with van der Waals surface area (Å²) < 4.78 is 5.39. The summed E-state index contributed by atoms with van der Waals surface area (Å²) in [5.74, 6) is 0.657. The molecular formula is C19H15ClN4O. The summed E-state index contributed by atoms with van der Waals surface area (Å²) in [6.07, 6.45) is 1.46. The highest BCUT2D eigenvalue weighted by atomic mass is 35.5. The number of hydrogen-bond acceptors (Lipinski definition) is 5. The van der Waals surface area contributed by atoms with E-state index in [-0.39, 0.29) is 0 Å². The predicted octanol–water partition coefficient (Wildman–Crippen LogP) is 5.30. The Bertz CT molecular complexity index is 1060. The molecule has 0 amide bonds. The van der Waals surface area contributed by atoms with Crippen molar-refractivity contribution in [3.05, 3.63) is 64.9 Å². The smallest absolute Gasteiger partial charge is 0.263 e. The first kappa shape index (κ1) is 15.6. The Kier molecular flexibility index (Phi) is 3.86. The molecule has 0 aliphatic carbocycles. The van der Waals surface area contributed by atoms with Gasteiger partial charge in [0, 0.05) is 16.3 Å². The summed E-state index contributed by atoms with van der Waals surface area (Å²) in [5, 5.41) is 8.97. The third-order valence-electron chi connectivity index (χ3n) is 4.25. The van der Waals surface area contributed by atoms with Crippen LogP contribution in [0.5, 0.6) is 0 Å². The van der Waals surface area contributed by atoms with Crippen LogP contribution in [0.4, 0.5) is 11.5 Å². The van der Waals surface area contributed by atoms with Gasteiger partial charge in [-0.1, -0.05) is 41.0 Å². The first-order valence-electron chi connectivity index (χ1n) is 7.83. The molecule has 6 heteroatoms. The van der Waals surface area contributed by atoms with Crippen LogP contribution in [0, 0.1) is 13.8 Å². The average molecular weight is 351 g/mol. The van der Waals surface area contributed by atoms with Crippen molar-refractivity contribution in [2.24, 2.45) is 0 Å². The highest BCUT2D eigenvalue weighted by molar-refractivity contribution is 6.30. The third-order valence-corrected chi connectivity index (χ3v) is 4.50. The number of rotatable bonds is 3. The summed E-state index contributed by atoms with van der Waals surface area (Å²) in [5.41, 5.74) is 5.37. The third kappa shape index (κ3) is 2.83. The lowest BCUT2D eigenvalue weighted by molar-refractivity contribution is 0.451. The zero-order valence-corrected chi connectivity index (χ0v) is 14.5. The molecule has 0 fully saturated rings. The molecule has 5 nitrogen and oxygen atoms in total. The Morgan fingerprint density at radius 3 is 2.60 bits per heavy atom. The zero-order chi connectivity index (χ0) is 17.4. The van der Waals surface area contributed by atoms with Gasteiger partial charge in [0.05, 0.1) is 0 Å². The van der Waals surface area contributed by atoms with Crippen molar-refractivity contribution in [2.75, 3.05) is 5.32 Å². The second-order valence-corrected chi connectivity index (χ2v) is 6.25. The fraction of sp³-hybridized carbons (Fsp3) is 0.105. The maximum Gasteiger partial charge on any atom is 0.263 e. The van der Waals surface area contributed by atoms with Gasteiger partial charge in [-0.05, 0) is 43.2 Å². The molecule has 0 saturated heterocycles. The maximum absolute atomic E-state index is 5.98. The van der Waals surface area contributed by atoms with Gasteiger partial charge < -0.3 is 9.84 Å². The number of aromatic nitrogens is 3. The molecule has 4 rings (SSSR count). The van der Waals surface area contributed by atoms with E-state index in [1.807, 2.05) is 36.4 Å². The number of nitrogens with one attached hydrogen (secondary N) is 1. The molecule has 0 aliphatic heterocycles. The minimum absolute atomic E-state index is 0.438. The van der Waals surface area contributed by atoms with Crippen molar-refractivity contribution in [1.82, 2.24) is 15.1 Å². The van der Waals surface area contributed by atoms with E-state index < -0.39 is 0 Å². The molecule has 25 heavy (non-hydrogen) atoms. The summed E-state index contributed by atoms with van der Waals surface area (Å²) >= 11 is 5.98. The fourth-order valence-corrected chi connectivity index (χ4v) is 2.83. The number of anilines is 2. The first-order valence-corrected chi connectivity index (χ1v) is 8.21.